The second kappa shape index (κ2) is 4.04. The number of nitrogens with zero attached hydrogens (tertiary/aromatic N) is 1. The largest absolute Gasteiger partial charge is 0.376 e. The SMILES string of the molecule is CC1OCCC1N1C(=O)C2(CC2)NC1c1cccs1. The van der Waals surface area contributed by atoms with Gasteiger partial charge < -0.3 is 9.64 Å². The number of thiophene rings is 1. The first-order valence-electron chi connectivity index (χ1n) is 6.97. The number of hydrogen-bond acceptors (Lipinski definition) is 4. The maximum Gasteiger partial charge on any atom is 0.244 e. The van der Waals surface area contributed by atoms with Crippen LogP contribution in [0.1, 0.15) is 37.2 Å². The summed E-state index contributed by atoms with van der Waals surface area (Å²) in [7, 11) is 0. The third-order valence-corrected chi connectivity index (χ3v) is 5.52. The van der Waals surface area contributed by atoms with Gasteiger partial charge in [-0.2, -0.15) is 0 Å². The molecule has 1 saturated carbocycles. The highest BCUT2D eigenvalue weighted by atomic mass is 32.1. The lowest BCUT2D eigenvalue weighted by Crippen LogP contribution is -2.43. The van der Waals surface area contributed by atoms with E-state index in [4.69, 9.17) is 4.74 Å². The molecular formula is C14H18N2O2S. The van der Waals surface area contributed by atoms with Crippen molar-refractivity contribution in [3.8, 4) is 0 Å². The Morgan fingerprint density at radius 1 is 1.53 bits per heavy atom. The van der Waals surface area contributed by atoms with Gasteiger partial charge in [0.15, 0.2) is 0 Å². The summed E-state index contributed by atoms with van der Waals surface area (Å²) in [5.41, 5.74) is -0.253. The number of rotatable bonds is 2. The molecule has 0 radical (unpaired) electrons. The van der Waals surface area contributed by atoms with Crippen LogP contribution in [0.5, 0.6) is 0 Å². The predicted octanol–water partition coefficient (Wildman–Crippen LogP) is 1.89. The zero-order valence-corrected chi connectivity index (χ0v) is 11.8. The minimum Gasteiger partial charge on any atom is -0.376 e. The predicted molar refractivity (Wildman–Crippen MR) is 72.8 cm³/mol. The van der Waals surface area contributed by atoms with Gasteiger partial charge in [0.2, 0.25) is 5.91 Å². The van der Waals surface area contributed by atoms with Crippen LogP contribution in [0.15, 0.2) is 17.5 Å². The molecule has 2 aliphatic heterocycles. The first kappa shape index (κ1) is 11.9. The molecule has 1 aliphatic carbocycles. The van der Waals surface area contributed by atoms with Crippen LogP contribution < -0.4 is 5.32 Å². The van der Waals surface area contributed by atoms with Gasteiger partial charge in [0.1, 0.15) is 11.7 Å². The van der Waals surface area contributed by atoms with Crippen LogP contribution in [0.25, 0.3) is 0 Å². The van der Waals surface area contributed by atoms with Crippen molar-refractivity contribution in [1.82, 2.24) is 10.2 Å². The Bertz CT molecular complexity index is 498. The monoisotopic (exact) mass is 278 g/mol. The van der Waals surface area contributed by atoms with E-state index in [1.165, 1.54) is 4.88 Å². The quantitative estimate of drug-likeness (QED) is 0.898. The average molecular weight is 278 g/mol. The van der Waals surface area contributed by atoms with Crippen LogP contribution in [-0.2, 0) is 9.53 Å². The van der Waals surface area contributed by atoms with Gasteiger partial charge in [-0.3, -0.25) is 10.1 Å². The fourth-order valence-corrected chi connectivity index (χ4v) is 4.10. The van der Waals surface area contributed by atoms with E-state index in [0.717, 1.165) is 25.9 Å². The molecule has 3 aliphatic rings. The summed E-state index contributed by atoms with van der Waals surface area (Å²) in [4.78, 5) is 16.0. The number of nitrogens with one attached hydrogen (secondary N) is 1. The maximum absolute atomic E-state index is 12.7. The topological polar surface area (TPSA) is 41.6 Å². The van der Waals surface area contributed by atoms with Gasteiger partial charge in [-0.1, -0.05) is 6.07 Å². The van der Waals surface area contributed by atoms with Crippen LogP contribution in [0.2, 0.25) is 0 Å². The summed E-state index contributed by atoms with van der Waals surface area (Å²) in [5, 5.41) is 5.65. The van der Waals surface area contributed by atoms with Crippen LogP contribution in [0.3, 0.4) is 0 Å². The number of amides is 1. The van der Waals surface area contributed by atoms with E-state index in [1.807, 2.05) is 0 Å². The van der Waals surface area contributed by atoms with E-state index in [-0.39, 0.29) is 29.8 Å². The number of carbonyl (C=O) groups is 1. The van der Waals surface area contributed by atoms with Gasteiger partial charge in [-0.25, -0.2) is 0 Å². The smallest absolute Gasteiger partial charge is 0.244 e. The van der Waals surface area contributed by atoms with Crippen LogP contribution in [0, 0.1) is 0 Å². The molecule has 102 valence electrons. The first-order valence-corrected chi connectivity index (χ1v) is 7.85. The van der Waals surface area contributed by atoms with E-state index in [0.29, 0.717) is 0 Å². The van der Waals surface area contributed by atoms with Crippen molar-refractivity contribution in [3.63, 3.8) is 0 Å². The van der Waals surface area contributed by atoms with E-state index >= 15 is 0 Å². The fourth-order valence-electron chi connectivity index (χ4n) is 3.32. The van der Waals surface area contributed by atoms with Crippen molar-refractivity contribution in [2.45, 2.75) is 50.0 Å². The van der Waals surface area contributed by atoms with E-state index in [9.17, 15) is 4.79 Å². The molecule has 2 saturated heterocycles. The minimum absolute atomic E-state index is 0.0455. The van der Waals surface area contributed by atoms with Gasteiger partial charge in [-0.15, -0.1) is 11.3 Å². The fraction of sp³-hybridized carbons (Fsp3) is 0.643. The van der Waals surface area contributed by atoms with Crippen LogP contribution >= 0.6 is 11.3 Å². The van der Waals surface area contributed by atoms with Gasteiger partial charge in [-0.05, 0) is 37.6 Å². The molecule has 4 nitrogen and oxygen atoms in total. The molecule has 19 heavy (non-hydrogen) atoms. The third-order valence-electron chi connectivity index (χ3n) is 4.59. The average Bonchev–Trinajstić information content (AvgIpc) is 2.78. The molecule has 1 N–H and O–H groups in total. The Hall–Kier alpha value is -0.910. The highest BCUT2D eigenvalue weighted by Gasteiger charge is 2.61. The summed E-state index contributed by atoms with van der Waals surface area (Å²) < 4.78 is 5.66. The van der Waals surface area contributed by atoms with Gasteiger partial charge >= 0.3 is 0 Å². The van der Waals surface area contributed by atoms with Gasteiger partial charge in [0.25, 0.3) is 0 Å². The van der Waals surface area contributed by atoms with Crippen LogP contribution in [-0.4, -0.2) is 35.1 Å². The van der Waals surface area contributed by atoms with Crippen molar-refractivity contribution < 1.29 is 9.53 Å². The lowest BCUT2D eigenvalue weighted by molar-refractivity contribution is -0.134. The number of carbonyl (C=O) groups excluding carboxylic acids is 1. The zero-order chi connectivity index (χ0) is 13.0. The zero-order valence-electron chi connectivity index (χ0n) is 11.0. The normalized spacial score (nSPS) is 36.4. The molecule has 1 amide bonds. The molecular weight excluding hydrogens is 260 g/mol. The summed E-state index contributed by atoms with van der Waals surface area (Å²) in [6.45, 7) is 2.84. The van der Waals surface area contributed by atoms with Crippen molar-refractivity contribution in [3.05, 3.63) is 22.4 Å². The highest BCUT2D eigenvalue weighted by Crippen LogP contribution is 2.48. The van der Waals surface area contributed by atoms with E-state index < -0.39 is 0 Å². The van der Waals surface area contributed by atoms with Crippen molar-refractivity contribution in [2.75, 3.05) is 6.61 Å². The summed E-state index contributed by atoms with van der Waals surface area (Å²) in [5.74, 6) is 0.285. The molecule has 3 unspecified atom stereocenters. The van der Waals surface area contributed by atoms with Crippen molar-refractivity contribution >= 4 is 17.2 Å². The molecule has 0 aromatic carbocycles. The van der Waals surface area contributed by atoms with Crippen molar-refractivity contribution in [1.29, 1.82) is 0 Å². The third kappa shape index (κ3) is 1.68. The molecule has 0 bridgehead atoms. The summed E-state index contributed by atoms with van der Waals surface area (Å²) >= 11 is 1.72. The molecule has 3 atom stereocenters. The number of hydrogen-bond donors (Lipinski definition) is 1. The Morgan fingerprint density at radius 3 is 2.95 bits per heavy atom. The van der Waals surface area contributed by atoms with Crippen molar-refractivity contribution in [2.24, 2.45) is 0 Å². The standard InChI is InChI=1S/C14H18N2O2S/c1-9-10(4-7-18-9)16-12(11-3-2-8-19-11)15-14(5-6-14)13(16)17/h2-3,8-10,12,15H,4-7H2,1H3. The van der Waals surface area contributed by atoms with Gasteiger partial charge in [0.05, 0.1) is 12.1 Å². The molecule has 4 rings (SSSR count). The molecule has 5 heteroatoms. The van der Waals surface area contributed by atoms with E-state index in [1.54, 1.807) is 11.3 Å². The molecule has 1 spiro atoms. The highest BCUT2D eigenvalue weighted by molar-refractivity contribution is 7.10. The second-order valence-corrected chi connectivity index (χ2v) is 6.77. The minimum atomic E-state index is -0.253. The molecule has 3 fully saturated rings. The Kier molecular flexibility index (Phi) is 2.53. The molecule has 1 aromatic rings. The molecule has 3 heterocycles. The maximum atomic E-state index is 12.7. The van der Waals surface area contributed by atoms with E-state index in [2.05, 4.69) is 34.7 Å². The lowest BCUT2D eigenvalue weighted by atomic mass is 10.1. The Balaban J connectivity index is 1.70. The summed E-state index contributed by atoms with van der Waals surface area (Å²) in [6, 6.07) is 4.38. The molecule has 1 aromatic heterocycles. The van der Waals surface area contributed by atoms with Crippen LogP contribution in [0.4, 0.5) is 0 Å². The number of ether oxygens (including phenoxy) is 1. The second-order valence-electron chi connectivity index (χ2n) is 5.79. The van der Waals surface area contributed by atoms with Gasteiger partial charge in [0, 0.05) is 11.5 Å². The summed E-state index contributed by atoms with van der Waals surface area (Å²) in [6.07, 6.45) is 3.09. The Morgan fingerprint density at radius 2 is 2.37 bits per heavy atom. The Labute approximate surface area is 116 Å². The first-order chi connectivity index (χ1) is 9.21. The lowest BCUT2D eigenvalue weighted by Gasteiger charge is -2.31.